The van der Waals surface area contributed by atoms with Crippen molar-refractivity contribution in [2.75, 3.05) is 34.1 Å². The Morgan fingerprint density at radius 3 is 2.83 bits per heavy atom. The third-order valence-corrected chi connectivity index (χ3v) is 5.61. The van der Waals surface area contributed by atoms with Crippen molar-refractivity contribution in [2.45, 2.75) is 18.9 Å². The minimum Gasteiger partial charge on any atom is -0.497 e. The van der Waals surface area contributed by atoms with Crippen molar-refractivity contribution in [1.29, 1.82) is 0 Å². The lowest BCUT2D eigenvalue weighted by Gasteiger charge is -2.17. The Morgan fingerprint density at radius 2 is 1.97 bits per heavy atom. The van der Waals surface area contributed by atoms with Gasteiger partial charge in [-0.3, -0.25) is 4.90 Å². The van der Waals surface area contributed by atoms with Crippen LogP contribution >= 0.6 is 0 Å². The molecule has 2 aromatic carbocycles. The molecule has 3 heterocycles. The molecule has 1 atom stereocenters. The summed E-state index contributed by atoms with van der Waals surface area (Å²) in [6.07, 6.45) is 1.03. The molecule has 0 saturated carbocycles. The highest BCUT2D eigenvalue weighted by Gasteiger charge is 2.28. The molecule has 3 aromatic rings. The predicted octanol–water partition coefficient (Wildman–Crippen LogP) is 3.47. The van der Waals surface area contributed by atoms with E-state index in [-0.39, 0.29) is 6.79 Å². The van der Waals surface area contributed by atoms with Gasteiger partial charge in [-0.2, -0.15) is 4.98 Å². The van der Waals surface area contributed by atoms with Gasteiger partial charge in [0.1, 0.15) is 11.5 Å². The van der Waals surface area contributed by atoms with Crippen molar-refractivity contribution in [2.24, 2.45) is 0 Å². The Balaban J connectivity index is 1.27. The lowest BCUT2D eigenvalue weighted by molar-refractivity contribution is 0.174. The maximum Gasteiger partial charge on any atom is 0.241 e. The zero-order valence-corrected chi connectivity index (χ0v) is 17.0. The highest BCUT2D eigenvalue weighted by atomic mass is 16.7. The SMILES string of the molecule is COc1ccc(OC)c([C@H]2CCN(Cc3nc(-c4ccc5c(c4)OCO5)no3)C2)c1. The maximum absolute atomic E-state index is 5.56. The molecule has 0 amide bonds. The zero-order chi connectivity index (χ0) is 20.5. The van der Waals surface area contributed by atoms with Gasteiger partial charge in [-0.15, -0.1) is 0 Å². The Hall–Kier alpha value is -3.26. The van der Waals surface area contributed by atoms with E-state index in [4.69, 9.17) is 23.5 Å². The smallest absolute Gasteiger partial charge is 0.241 e. The van der Waals surface area contributed by atoms with Crippen LogP contribution in [0.25, 0.3) is 11.4 Å². The normalized spacial score (nSPS) is 18.0. The first-order valence-electron chi connectivity index (χ1n) is 9.90. The molecule has 2 aliphatic heterocycles. The topological polar surface area (TPSA) is 79.1 Å². The van der Waals surface area contributed by atoms with Gasteiger partial charge in [-0.1, -0.05) is 5.16 Å². The summed E-state index contributed by atoms with van der Waals surface area (Å²) in [5.74, 6) is 4.69. The van der Waals surface area contributed by atoms with Crippen LogP contribution in [0.5, 0.6) is 23.0 Å². The molecule has 5 rings (SSSR count). The number of aromatic nitrogens is 2. The van der Waals surface area contributed by atoms with Crippen molar-refractivity contribution in [3.63, 3.8) is 0 Å². The Kier molecular flexibility index (Phi) is 4.92. The fourth-order valence-electron chi connectivity index (χ4n) is 4.05. The van der Waals surface area contributed by atoms with Crippen LogP contribution in [0, 0.1) is 0 Å². The first kappa shape index (κ1) is 18.7. The third-order valence-electron chi connectivity index (χ3n) is 5.61. The standard InChI is InChI=1S/C22H23N3O5/c1-26-16-4-6-18(27-2)17(10-16)15-7-8-25(11-15)12-21-23-22(24-30-21)14-3-5-19-20(9-14)29-13-28-19/h3-6,9-10,15H,7-8,11-13H2,1-2H3/t15-/m0/s1. The summed E-state index contributed by atoms with van der Waals surface area (Å²) in [5, 5.41) is 4.14. The lowest BCUT2D eigenvalue weighted by Crippen LogP contribution is -2.20. The molecule has 30 heavy (non-hydrogen) atoms. The molecule has 0 radical (unpaired) electrons. The van der Waals surface area contributed by atoms with Crippen LogP contribution in [0.4, 0.5) is 0 Å². The van der Waals surface area contributed by atoms with E-state index < -0.39 is 0 Å². The van der Waals surface area contributed by atoms with Crippen molar-refractivity contribution < 1.29 is 23.5 Å². The second kappa shape index (κ2) is 7.87. The van der Waals surface area contributed by atoms with Crippen molar-refractivity contribution in [3.8, 4) is 34.4 Å². The van der Waals surface area contributed by atoms with Gasteiger partial charge >= 0.3 is 0 Å². The van der Waals surface area contributed by atoms with Crippen molar-refractivity contribution in [1.82, 2.24) is 15.0 Å². The van der Waals surface area contributed by atoms with Gasteiger partial charge in [0.05, 0.1) is 20.8 Å². The molecule has 1 saturated heterocycles. The van der Waals surface area contributed by atoms with Gasteiger partial charge < -0.3 is 23.5 Å². The van der Waals surface area contributed by atoms with Gasteiger partial charge in [-0.05, 0) is 49.4 Å². The molecule has 1 fully saturated rings. The number of ether oxygens (including phenoxy) is 4. The van der Waals surface area contributed by atoms with E-state index in [2.05, 4.69) is 21.1 Å². The average Bonchev–Trinajstić information content (AvgIpc) is 3.54. The molecule has 1 aromatic heterocycles. The lowest BCUT2D eigenvalue weighted by atomic mass is 9.97. The van der Waals surface area contributed by atoms with Crippen LogP contribution < -0.4 is 18.9 Å². The van der Waals surface area contributed by atoms with E-state index in [1.165, 1.54) is 5.56 Å². The summed E-state index contributed by atoms with van der Waals surface area (Å²) in [5.41, 5.74) is 2.01. The summed E-state index contributed by atoms with van der Waals surface area (Å²) in [7, 11) is 3.38. The fourth-order valence-corrected chi connectivity index (χ4v) is 4.05. The Labute approximate surface area is 174 Å². The Bertz CT molecular complexity index is 1050. The predicted molar refractivity (Wildman–Crippen MR) is 108 cm³/mol. The number of hydrogen-bond acceptors (Lipinski definition) is 8. The third kappa shape index (κ3) is 3.54. The number of benzene rings is 2. The molecule has 8 nitrogen and oxygen atoms in total. The first-order valence-corrected chi connectivity index (χ1v) is 9.90. The molecule has 0 bridgehead atoms. The molecule has 0 spiro atoms. The molecule has 0 N–H and O–H groups in total. The summed E-state index contributed by atoms with van der Waals surface area (Å²) in [6, 6.07) is 11.6. The largest absolute Gasteiger partial charge is 0.497 e. The van der Waals surface area contributed by atoms with E-state index in [1.54, 1.807) is 14.2 Å². The molecule has 2 aliphatic rings. The first-order chi connectivity index (χ1) is 14.7. The van der Waals surface area contributed by atoms with E-state index in [0.717, 1.165) is 42.3 Å². The van der Waals surface area contributed by atoms with Gasteiger partial charge in [0.25, 0.3) is 0 Å². The van der Waals surface area contributed by atoms with Crippen LogP contribution in [0.1, 0.15) is 23.8 Å². The van der Waals surface area contributed by atoms with Crippen LogP contribution in [0.3, 0.4) is 0 Å². The summed E-state index contributed by atoms with van der Waals surface area (Å²) < 4.78 is 27.2. The van der Waals surface area contributed by atoms with E-state index in [1.807, 2.05) is 30.3 Å². The summed E-state index contributed by atoms with van der Waals surface area (Å²) in [4.78, 5) is 6.89. The molecular weight excluding hydrogens is 386 g/mol. The second-order valence-electron chi connectivity index (χ2n) is 7.41. The molecule has 0 unspecified atom stereocenters. The number of likely N-dealkylation sites (tertiary alicyclic amines) is 1. The number of fused-ring (bicyclic) bond motifs is 1. The fraction of sp³-hybridized carbons (Fsp3) is 0.364. The minimum atomic E-state index is 0.241. The van der Waals surface area contributed by atoms with Crippen molar-refractivity contribution in [3.05, 3.63) is 47.9 Å². The minimum absolute atomic E-state index is 0.241. The number of hydrogen-bond donors (Lipinski definition) is 0. The van der Waals surface area contributed by atoms with Gasteiger partial charge in [0.15, 0.2) is 11.5 Å². The Morgan fingerprint density at radius 1 is 1.07 bits per heavy atom. The van der Waals surface area contributed by atoms with Crippen molar-refractivity contribution >= 4 is 0 Å². The number of rotatable bonds is 6. The summed E-state index contributed by atoms with van der Waals surface area (Å²) >= 11 is 0. The highest BCUT2D eigenvalue weighted by Crippen LogP contribution is 2.37. The van der Waals surface area contributed by atoms with Crippen LogP contribution in [0.15, 0.2) is 40.9 Å². The van der Waals surface area contributed by atoms with Crippen LogP contribution in [0.2, 0.25) is 0 Å². The van der Waals surface area contributed by atoms with E-state index >= 15 is 0 Å². The quantitative estimate of drug-likeness (QED) is 0.612. The van der Waals surface area contributed by atoms with Crippen LogP contribution in [-0.2, 0) is 6.54 Å². The molecular formula is C22H23N3O5. The van der Waals surface area contributed by atoms with E-state index in [0.29, 0.717) is 29.9 Å². The zero-order valence-electron chi connectivity index (χ0n) is 17.0. The molecule has 8 heteroatoms. The monoisotopic (exact) mass is 409 g/mol. The molecule has 0 aliphatic carbocycles. The second-order valence-corrected chi connectivity index (χ2v) is 7.41. The number of nitrogens with zero attached hydrogens (tertiary/aromatic N) is 3. The van der Waals surface area contributed by atoms with Gasteiger partial charge in [-0.25, -0.2) is 0 Å². The van der Waals surface area contributed by atoms with E-state index in [9.17, 15) is 0 Å². The summed E-state index contributed by atoms with van der Waals surface area (Å²) in [6.45, 7) is 2.70. The highest BCUT2D eigenvalue weighted by molar-refractivity contribution is 5.61. The maximum atomic E-state index is 5.56. The average molecular weight is 409 g/mol. The van der Waals surface area contributed by atoms with Gasteiger partial charge in [0.2, 0.25) is 18.5 Å². The van der Waals surface area contributed by atoms with Gasteiger partial charge in [0, 0.05) is 23.6 Å². The number of methoxy groups -OCH3 is 2. The van der Waals surface area contributed by atoms with Crippen LogP contribution in [-0.4, -0.2) is 49.1 Å². The molecule has 156 valence electrons.